The van der Waals surface area contributed by atoms with Crippen molar-refractivity contribution in [3.8, 4) is 11.5 Å². The molecule has 6 heteroatoms. The lowest BCUT2D eigenvalue weighted by Gasteiger charge is -2.36. The van der Waals surface area contributed by atoms with Crippen LogP contribution in [0.3, 0.4) is 0 Å². The smallest absolute Gasteiger partial charge is 0.225 e. The molecule has 32 heavy (non-hydrogen) atoms. The van der Waals surface area contributed by atoms with Crippen molar-refractivity contribution < 1.29 is 14.3 Å². The van der Waals surface area contributed by atoms with Gasteiger partial charge in [0.1, 0.15) is 11.5 Å². The molecule has 0 radical (unpaired) electrons. The van der Waals surface area contributed by atoms with E-state index < -0.39 is 0 Å². The number of carbonyl (C=O) groups is 1. The van der Waals surface area contributed by atoms with Gasteiger partial charge in [-0.3, -0.25) is 9.48 Å². The van der Waals surface area contributed by atoms with Crippen LogP contribution >= 0.6 is 0 Å². The fourth-order valence-electron chi connectivity index (χ4n) is 4.56. The number of benzene rings is 2. The summed E-state index contributed by atoms with van der Waals surface area (Å²) in [4.78, 5) is 13.0. The Morgan fingerprint density at radius 1 is 1.16 bits per heavy atom. The van der Waals surface area contributed by atoms with Gasteiger partial charge in [-0.1, -0.05) is 44.2 Å². The summed E-state index contributed by atoms with van der Waals surface area (Å²) in [6, 6.07) is 15.8. The third-order valence-electron chi connectivity index (χ3n) is 6.11. The van der Waals surface area contributed by atoms with Gasteiger partial charge in [-0.25, -0.2) is 0 Å². The molecular weight excluding hydrogens is 402 g/mol. The second-order valence-corrected chi connectivity index (χ2v) is 9.21. The minimum Gasteiger partial charge on any atom is -0.497 e. The number of hydrogen-bond donors (Lipinski definition) is 1. The van der Waals surface area contributed by atoms with Crippen LogP contribution in [0.25, 0.3) is 0 Å². The van der Waals surface area contributed by atoms with Gasteiger partial charge in [-0.2, -0.15) is 5.10 Å². The van der Waals surface area contributed by atoms with E-state index in [1.165, 1.54) is 11.3 Å². The van der Waals surface area contributed by atoms with Crippen molar-refractivity contribution >= 4 is 5.91 Å². The fraction of sp³-hybridized carbons (Fsp3) is 0.385. The molecule has 2 aromatic carbocycles. The number of carbonyl (C=O) groups excluding carboxylic acids is 1. The van der Waals surface area contributed by atoms with Gasteiger partial charge in [0.25, 0.3) is 0 Å². The molecule has 1 atom stereocenters. The monoisotopic (exact) mass is 433 g/mol. The molecule has 0 aliphatic heterocycles. The van der Waals surface area contributed by atoms with Gasteiger partial charge in [0, 0.05) is 16.8 Å². The highest BCUT2D eigenvalue weighted by Crippen LogP contribution is 2.41. The van der Waals surface area contributed by atoms with Crippen molar-refractivity contribution in [3.63, 3.8) is 0 Å². The Bertz CT molecular complexity index is 1090. The van der Waals surface area contributed by atoms with E-state index in [0.717, 1.165) is 30.5 Å². The van der Waals surface area contributed by atoms with E-state index >= 15 is 0 Å². The van der Waals surface area contributed by atoms with Crippen LogP contribution in [-0.4, -0.2) is 29.9 Å². The van der Waals surface area contributed by atoms with Crippen LogP contribution in [0.5, 0.6) is 11.5 Å². The zero-order valence-corrected chi connectivity index (χ0v) is 19.2. The van der Waals surface area contributed by atoms with E-state index in [0.29, 0.717) is 11.5 Å². The van der Waals surface area contributed by atoms with Crippen molar-refractivity contribution in [2.45, 2.75) is 45.7 Å². The molecule has 4 rings (SSSR count). The van der Waals surface area contributed by atoms with E-state index in [9.17, 15) is 4.79 Å². The second kappa shape index (κ2) is 9.07. The standard InChI is InChI=1S/C26H31N3O3/c1-26(2)14-22(28-25(30)13-19-12-20(31-3)10-11-24(19)32-4)21-16-27-29(23(21)15-26)17-18-8-6-5-7-9-18/h5-12,16,22H,13-15,17H2,1-4H3,(H,28,30)/t22-/m0/s1. The predicted octanol–water partition coefficient (Wildman–Crippen LogP) is 4.32. The molecule has 6 nitrogen and oxygen atoms in total. The maximum absolute atomic E-state index is 13.0. The molecule has 1 amide bonds. The Labute approximate surface area is 189 Å². The van der Waals surface area contributed by atoms with Gasteiger partial charge in [0.15, 0.2) is 0 Å². The van der Waals surface area contributed by atoms with Crippen molar-refractivity contribution in [3.05, 3.63) is 77.1 Å². The Morgan fingerprint density at radius 2 is 1.94 bits per heavy atom. The Morgan fingerprint density at radius 3 is 2.66 bits per heavy atom. The summed E-state index contributed by atoms with van der Waals surface area (Å²) in [6.07, 6.45) is 3.96. The lowest BCUT2D eigenvalue weighted by atomic mass is 9.74. The number of fused-ring (bicyclic) bond motifs is 1. The zero-order valence-electron chi connectivity index (χ0n) is 19.2. The molecule has 1 N–H and O–H groups in total. The average Bonchev–Trinajstić information content (AvgIpc) is 3.15. The minimum absolute atomic E-state index is 0.0407. The number of hydrogen-bond acceptors (Lipinski definition) is 4. The van der Waals surface area contributed by atoms with Crippen molar-refractivity contribution in [1.29, 1.82) is 0 Å². The Hall–Kier alpha value is -3.28. The van der Waals surface area contributed by atoms with E-state index in [2.05, 4.69) is 41.1 Å². The summed E-state index contributed by atoms with van der Waals surface area (Å²) in [6.45, 7) is 5.23. The van der Waals surface area contributed by atoms with E-state index in [1.54, 1.807) is 14.2 Å². The van der Waals surface area contributed by atoms with E-state index in [-0.39, 0.29) is 23.8 Å². The van der Waals surface area contributed by atoms with Crippen LogP contribution in [0, 0.1) is 5.41 Å². The van der Waals surface area contributed by atoms with Crippen molar-refractivity contribution in [2.75, 3.05) is 14.2 Å². The molecular formula is C26H31N3O3. The van der Waals surface area contributed by atoms with Crippen LogP contribution < -0.4 is 14.8 Å². The maximum Gasteiger partial charge on any atom is 0.225 e. The number of aromatic nitrogens is 2. The molecule has 0 saturated heterocycles. The molecule has 3 aromatic rings. The van der Waals surface area contributed by atoms with E-state index in [1.807, 2.05) is 42.6 Å². The van der Waals surface area contributed by atoms with E-state index in [4.69, 9.17) is 9.47 Å². The summed E-state index contributed by atoms with van der Waals surface area (Å²) in [5.74, 6) is 1.35. The van der Waals surface area contributed by atoms with Crippen LogP contribution in [0.4, 0.5) is 0 Å². The largest absolute Gasteiger partial charge is 0.497 e. The number of nitrogens with one attached hydrogen (secondary N) is 1. The van der Waals surface area contributed by atoms with Crippen LogP contribution in [-0.2, 0) is 24.2 Å². The number of ether oxygens (including phenoxy) is 2. The lowest BCUT2D eigenvalue weighted by Crippen LogP contribution is -2.37. The van der Waals surface area contributed by atoms with Gasteiger partial charge in [-0.05, 0) is 42.0 Å². The first-order valence-electron chi connectivity index (χ1n) is 11.0. The lowest BCUT2D eigenvalue weighted by molar-refractivity contribution is -0.121. The normalized spacial score (nSPS) is 16.8. The Kier molecular flexibility index (Phi) is 6.21. The van der Waals surface area contributed by atoms with Crippen LogP contribution in [0.2, 0.25) is 0 Å². The molecule has 1 aliphatic rings. The van der Waals surface area contributed by atoms with Crippen molar-refractivity contribution in [2.24, 2.45) is 5.41 Å². The SMILES string of the molecule is COc1ccc(OC)c(CC(=O)N[C@H]2CC(C)(C)Cc3c2cnn3Cc2ccccc2)c1. The zero-order chi connectivity index (χ0) is 22.7. The highest BCUT2D eigenvalue weighted by molar-refractivity contribution is 5.80. The van der Waals surface area contributed by atoms with Gasteiger partial charge >= 0.3 is 0 Å². The molecule has 0 saturated carbocycles. The molecule has 0 fully saturated rings. The number of methoxy groups -OCH3 is 2. The molecule has 1 aromatic heterocycles. The molecule has 0 spiro atoms. The topological polar surface area (TPSA) is 65.4 Å². The first-order chi connectivity index (χ1) is 15.4. The maximum atomic E-state index is 13.0. The first-order valence-corrected chi connectivity index (χ1v) is 11.0. The molecule has 0 bridgehead atoms. The summed E-state index contributed by atoms with van der Waals surface area (Å²) < 4.78 is 12.8. The third kappa shape index (κ3) is 4.79. The molecule has 0 unspecified atom stereocenters. The third-order valence-corrected chi connectivity index (χ3v) is 6.11. The number of amides is 1. The fourth-order valence-corrected chi connectivity index (χ4v) is 4.56. The average molecular weight is 434 g/mol. The summed E-state index contributed by atoms with van der Waals surface area (Å²) in [5, 5.41) is 7.94. The van der Waals surface area contributed by atoms with Crippen LogP contribution in [0.15, 0.2) is 54.7 Å². The van der Waals surface area contributed by atoms with Crippen LogP contribution in [0.1, 0.15) is 48.7 Å². The number of nitrogens with zero attached hydrogens (tertiary/aromatic N) is 2. The highest BCUT2D eigenvalue weighted by atomic mass is 16.5. The summed E-state index contributed by atoms with van der Waals surface area (Å²) >= 11 is 0. The quantitative estimate of drug-likeness (QED) is 0.603. The predicted molar refractivity (Wildman–Crippen MR) is 124 cm³/mol. The number of rotatable bonds is 7. The van der Waals surface area contributed by atoms with Gasteiger partial charge in [0.05, 0.1) is 39.4 Å². The van der Waals surface area contributed by atoms with Gasteiger partial charge in [0.2, 0.25) is 5.91 Å². The summed E-state index contributed by atoms with van der Waals surface area (Å²) in [7, 11) is 3.23. The molecule has 1 heterocycles. The van der Waals surface area contributed by atoms with Crippen molar-refractivity contribution in [1.82, 2.24) is 15.1 Å². The van der Waals surface area contributed by atoms with Gasteiger partial charge < -0.3 is 14.8 Å². The first kappa shape index (κ1) is 21.9. The Balaban J connectivity index is 1.54. The molecule has 1 aliphatic carbocycles. The second-order valence-electron chi connectivity index (χ2n) is 9.21. The molecule has 168 valence electrons. The van der Waals surface area contributed by atoms with Gasteiger partial charge in [-0.15, -0.1) is 0 Å². The highest BCUT2D eigenvalue weighted by Gasteiger charge is 2.35. The summed E-state index contributed by atoms with van der Waals surface area (Å²) in [5.41, 5.74) is 4.40. The minimum atomic E-state index is -0.0672.